The highest BCUT2D eigenvalue weighted by atomic mass is 32.2. The van der Waals surface area contributed by atoms with Crippen LogP contribution in [-0.2, 0) is 14.6 Å². The van der Waals surface area contributed by atoms with Gasteiger partial charge in [0.15, 0.2) is 9.84 Å². The van der Waals surface area contributed by atoms with Crippen molar-refractivity contribution in [1.82, 2.24) is 0 Å². The van der Waals surface area contributed by atoms with Crippen LogP contribution in [0.25, 0.3) is 0 Å². The molecule has 0 heterocycles. The summed E-state index contributed by atoms with van der Waals surface area (Å²) in [5.41, 5.74) is 0. The summed E-state index contributed by atoms with van der Waals surface area (Å²) in [6.07, 6.45) is 0.138. The Bertz CT molecular complexity index is 265. The molecule has 1 atom stereocenters. The van der Waals surface area contributed by atoms with Gasteiger partial charge in [-0.05, 0) is 19.8 Å². The largest absolute Gasteiger partial charge is 0.300 e. The number of carbonyl (C=O) groups is 1. The van der Waals surface area contributed by atoms with E-state index < -0.39 is 9.84 Å². The Hall–Kier alpha value is -0.380. The molecule has 0 aliphatic heterocycles. The zero-order valence-electron chi connectivity index (χ0n) is 8.70. The standard InChI is InChI=1S/C9H18O3S/c1-7(2)9(4)13(11,12)6-5-8(3)10/h7,9H,5-6H2,1-4H3. The quantitative estimate of drug-likeness (QED) is 0.683. The summed E-state index contributed by atoms with van der Waals surface area (Å²) in [7, 11) is -3.08. The Labute approximate surface area is 80.4 Å². The van der Waals surface area contributed by atoms with E-state index in [2.05, 4.69) is 0 Å². The highest BCUT2D eigenvalue weighted by Gasteiger charge is 2.23. The van der Waals surface area contributed by atoms with Crippen LogP contribution in [0.2, 0.25) is 0 Å². The van der Waals surface area contributed by atoms with Crippen LogP contribution in [0.1, 0.15) is 34.1 Å². The van der Waals surface area contributed by atoms with Gasteiger partial charge in [-0.3, -0.25) is 4.79 Å². The van der Waals surface area contributed by atoms with Gasteiger partial charge in [-0.15, -0.1) is 0 Å². The molecular weight excluding hydrogens is 188 g/mol. The fourth-order valence-corrected chi connectivity index (χ4v) is 2.66. The van der Waals surface area contributed by atoms with Crippen molar-refractivity contribution >= 4 is 15.6 Å². The van der Waals surface area contributed by atoms with E-state index in [1.807, 2.05) is 13.8 Å². The summed E-state index contributed by atoms with van der Waals surface area (Å²) >= 11 is 0. The zero-order chi connectivity index (χ0) is 10.6. The van der Waals surface area contributed by atoms with Crippen LogP contribution in [0.5, 0.6) is 0 Å². The first kappa shape index (κ1) is 12.6. The summed E-state index contributed by atoms with van der Waals surface area (Å²) in [6.45, 7) is 6.85. The summed E-state index contributed by atoms with van der Waals surface area (Å²) in [6, 6.07) is 0. The molecule has 0 saturated carbocycles. The van der Waals surface area contributed by atoms with Crippen molar-refractivity contribution in [3.05, 3.63) is 0 Å². The molecule has 0 aromatic heterocycles. The highest BCUT2D eigenvalue weighted by molar-refractivity contribution is 7.92. The Kier molecular flexibility index (Phi) is 4.61. The number of rotatable bonds is 5. The number of carbonyl (C=O) groups excluding carboxylic acids is 1. The minimum Gasteiger partial charge on any atom is -0.300 e. The lowest BCUT2D eigenvalue weighted by atomic mass is 10.2. The molecule has 4 heteroatoms. The SMILES string of the molecule is CC(=O)CCS(=O)(=O)C(C)C(C)C. The zero-order valence-corrected chi connectivity index (χ0v) is 9.52. The van der Waals surface area contributed by atoms with E-state index in [0.717, 1.165) is 0 Å². The molecule has 0 N–H and O–H groups in total. The summed E-state index contributed by atoms with van der Waals surface area (Å²) in [4.78, 5) is 10.6. The van der Waals surface area contributed by atoms with Crippen molar-refractivity contribution < 1.29 is 13.2 Å². The Morgan fingerprint density at radius 1 is 1.23 bits per heavy atom. The number of sulfone groups is 1. The van der Waals surface area contributed by atoms with Gasteiger partial charge in [-0.1, -0.05) is 13.8 Å². The molecule has 0 fully saturated rings. The van der Waals surface area contributed by atoms with Crippen LogP contribution in [0.15, 0.2) is 0 Å². The number of ketones is 1. The van der Waals surface area contributed by atoms with E-state index in [1.165, 1.54) is 6.92 Å². The fraction of sp³-hybridized carbons (Fsp3) is 0.889. The molecule has 0 spiro atoms. The van der Waals surface area contributed by atoms with Gasteiger partial charge in [0.05, 0.1) is 11.0 Å². The second-order valence-electron chi connectivity index (χ2n) is 3.77. The summed E-state index contributed by atoms with van der Waals surface area (Å²) < 4.78 is 23.0. The lowest BCUT2D eigenvalue weighted by Crippen LogP contribution is -2.26. The van der Waals surface area contributed by atoms with Gasteiger partial charge in [-0.2, -0.15) is 0 Å². The summed E-state index contributed by atoms with van der Waals surface area (Å²) in [5, 5.41) is -0.355. The molecule has 3 nitrogen and oxygen atoms in total. The number of hydrogen-bond donors (Lipinski definition) is 0. The average Bonchev–Trinajstić information content (AvgIpc) is 1.99. The van der Waals surface area contributed by atoms with E-state index in [0.29, 0.717) is 0 Å². The molecule has 0 rings (SSSR count). The van der Waals surface area contributed by atoms with Gasteiger partial charge in [0.25, 0.3) is 0 Å². The lowest BCUT2D eigenvalue weighted by Gasteiger charge is -2.15. The van der Waals surface area contributed by atoms with Gasteiger partial charge in [-0.25, -0.2) is 8.42 Å². The fourth-order valence-electron chi connectivity index (χ4n) is 0.887. The second kappa shape index (κ2) is 4.74. The van der Waals surface area contributed by atoms with Gasteiger partial charge in [0, 0.05) is 6.42 Å². The van der Waals surface area contributed by atoms with Crippen LogP contribution in [0, 0.1) is 5.92 Å². The Morgan fingerprint density at radius 3 is 2.00 bits per heavy atom. The van der Waals surface area contributed by atoms with Crippen molar-refractivity contribution in [2.24, 2.45) is 5.92 Å². The first-order chi connectivity index (χ1) is 5.77. The van der Waals surface area contributed by atoms with Crippen molar-refractivity contribution in [3.63, 3.8) is 0 Å². The first-order valence-electron chi connectivity index (χ1n) is 4.48. The molecule has 0 aliphatic rings. The molecule has 0 saturated heterocycles. The molecule has 0 radical (unpaired) electrons. The Balaban J connectivity index is 4.32. The molecule has 0 bridgehead atoms. The molecular formula is C9H18O3S. The van der Waals surface area contributed by atoms with Gasteiger partial charge < -0.3 is 0 Å². The van der Waals surface area contributed by atoms with Crippen molar-refractivity contribution in [2.75, 3.05) is 5.75 Å². The topological polar surface area (TPSA) is 51.2 Å². The molecule has 1 unspecified atom stereocenters. The molecule has 0 aliphatic carbocycles. The normalized spacial score (nSPS) is 14.5. The molecule has 13 heavy (non-hydrogen) atoms. The molecule has 0 amide bonds. The predicted octanol–water partition coefficient (Wildman–Crippen LogP) is 1.42. The third kappa shape index (κ3) is 4.41. The number of hydrogen-bond acceptors (Lipinski definition) is 3. The average molecular weight is 206 g/mol. The van der Waals surface area contributed by atoms with Gasteiger partial charge in [0.2, 0.25) is 0 Å². The van der Waals surface area contributed by atoms with E-state index in [1.54, 1.807) is 6.92 Å². The number of Topliss-reactive ketones (excluding diaryl/α,β-unsaturated/α-hetero) is 1. The third-order valence-electron chi connectivity index (χ3n) is 2.24. The van der Waals surface area contributed by atoms with Crippen molar-refractivity contribution in [2.45, 2.75) is 39.4 Å². The molecule has 78 valence electrons. The monoisotopic (exact) mass is 206 g/mol. The maximum absolute atomic E-state index is 11.5. The maximum atomic E-state index is 11.5. The van der Waals surface area contributed by atoms with E-state index in [-0.39, 0.29) is 29.1 Å². The van der Waals surface area contributed by atoms with Crippen LogP contribution >= 0.6 is 0 Å². The van der Waals surface area contributed by atoms with E-state index >= 15 is 0 Å². The molecule has 0 aromatic carbocycles. The van der Waals surface area contributed by atoms with Gasteiger partial charge >= 0.3 is 0 Å². The lowest BCUT2D eigenvalue weighted by molar-refractivity contribution is -0.116. The smallest absolute Gasteiger partial charge is 0.153 e. The van der Waals surface area contributed by atoms with Crippen LogP contribution in [-0.4, -0.2) is 25.2 Å². The maximum Gasteiger partial charge on any atom is 0.153 e. The summed E-state index contributed by atoms with van der Waals surface area (Å²) in [5.74, 6) is 0.0262. The van der Waals surface area contributed by atoms with Crippen LogP contribution in [0.3, 0.4) is 0 Å². The first-order valence-corrected chi connectivity index (χ1v) is 6.20. The van der Waals surface area contributed by atoms with Crippen molar-refractivity contribution in [1.29, 1.82) is 0 Å². The minimum atomic E-state index is -3.08. The third-order valence-corrected chi connectivity index (χ3v) is 4.69. The highest BCUT2D eigenvalue weighted by Crippen LogP contribution is 2.13. The van der Waals surface area contributed by atoms with E-state index in [9.17, 15) is 13.2 Å². The van der Waals surface area contributed by atoms with Crippen LogP contribution in [0.4, 0.5) is 0 Å². The van der Waals surface area contributed by atoms with Gasteiger partial charge in [0.1, 0.15) is 5.78 Å². The minimum absolute atomic E-state index is 0.0122. The van der Waals surface area contributed by atoms with Crippen LogP contribution < -0.4 is 0 Å². The molecule has 0 aromatic rings. The second-order valence-corrected chi connectivity index (χ2v) is 6.25. The Morgan fingerprint density at radius 2 is 1.69 bits per heavy atom. The predicted molar refractivity (Wildman–Crippen MR) is 53.4 cm³/mol. The van der Waals surface area contributed by atoms with Crippen molar-refractivity contribution in [3.8, 4) is 0 Å². The van der Waals surface area contributed by atoms with E-state index in [4.69, 9.17) is 0 Å².